The van der Waals surface area contributed by atoms with E-state index in [2.05, 4.69) is 0 Å². The van der Waals surface area contributed by atoms with E-state index in [0.29, 0.717) is 0 Å². The summed E-state index contributed by atoms with van der Waals surface area (Å²) in [4.78, 5) is 0. The molecule has 7 heavy (non-hydrogen) atoms. The molecule has 0 aromatic carbocycles. The Hall–Kier alpha value is 0.138. The minimum absolute atomic E-state index is 0. The third-order valence-electron chi connectivity index (χ3n) is 0. The molecule has 0 saturated carbocycles. The molecule has 0 bridgehead atoms. The van der Waals surface area contributed by atoms with Gasteiger partial charge in [-0.3, -0.25) is 0 Å². The van der Waals surface area contributed by atoms with Crippen molar-refractivity contribution in [1.29, 1.82) is 0 Å². The van der Waals surface area contributed by atoms with E-state index in [1.165, 1.54) is 0 Å². The second kappa shape index (κ2) is 8460. The Morgan fingerprint density at radius 2 is 0.286 bits per heavy atom. The fraction of sp³-hybridized carbons (Fsp3) is 0. The van der Waals surface area contributed by atoms with Gasteiger partial charge in [0.2, 0.25) is 0 Å². The Bertz CT molecular complexity index is 4.14. The molecule has 0 aliphatic rings. The summed E-state index contributed by atoms with van der Waals surface area (Å²) >= 11 is 0. The summed E-state index contributed by atoms with van der Waals surface area (Å²) in [6.07, 6.45) is 0. The molecule has 0 atom stereocenters. The molecule has 0 saturated heterocycles. The van der Waals surface area contributed by atoms with Crippen molar-refractivity contribution in [2.24, 2.45) is 0 Å². The van der Waals surface area contributed by atoms with Crippen molar-refractivity contribution in [2.45, 2.75) is 0 Å². The van der Waals surface area contributed by atoms with Gasteiger partial charge in [0.1, 0.15) is 0 Å². The van der Waals surface area contributed by atoms with Crippen LogP contribution >= 0.6 is 0 Å². The van der Waals surface area contributed by atoms with Crippen molar-refractivity contribution in [1.82, 2.24) is 0 Å². The van der Waals surface area contributed by atoms with Crippen LogP contribution in [0.15, 0.2) is 0 Å². The number of hydrogen-bond acceptors (Lipinski definition) is 0. The first-order valence-electron chi connectivity index (χ1n) is 0. The second-order valence-electron chi connectivity index (χ2n) is 0. The van der Waals surface area contributed by atoms with Crippen LogP contribution in [-0.2, 0) is 0 Å². The van der Waals surface area contributed by atoms with Gasteiger partial charge in [0.25, 0.3) is 0 Å². The number of rotatable bonds is 0. The van der Waals surface area contributed by atoms with Crippen molar-refractivity contribution in [3.63, 3.8) is 0 Å². The van der Waals surface area contributed by atoms with Crippen LogP contribution in [0.5, 0.6) is 0 Å². The minimum Gasteiger partial charge on any atom is -1.00 e. The molecule has 0 nitrogen and oxygen atoms in total. The first-order valence-corrected chi connectivity index (χ1v) is 0. The molecular weight excluding hydrogens is 189 g/mol. The maximum atomic E-state index is 0. The van der Waals surface area contributed by atoms with Gasteiger partial charge >= 0.3 is 0 Å². The molecule has 0 amide bonds. The average molecular weight is 189 g/mol. The molecule has 0 aromatic heterocycles. The van der Waals surface area contributed by atoms with E-state index in [-0.39, 0.29) is 46.2 Å². The summed E-state index contributed by atoms with van der Waals surface area (Å²) in [5.74, 6) is 0. The molecule has 0 aliphatic carbocycles. The first-order chi connectivity index (χ1) is 0. The fourth-order valence-corrected chi connectivity index (χ4v) is 0. The van der Waals surface area contributed by atoms with Crippen LogP contribution in [0.3, 0.4) is 0 Å². The molecule has 7 heteroatoms. The van der Waals surface area contributed by atoms with Gasteiger partial charge in [0.15, 0.2) is 0 Å². The summed E-state index contributed by atoms with van der Waals surface area (Å²) in [6, 6.07) is 0. The van der Waals surface area contributed by atoms with Crippen LogP contribution in [0.2, 0.25) is 0 Å². The standard InChI is InChI=1S/As.6FH/h;6*1H/p-6. The van der Waals surface area contributed by atoms with Crippen molar-refractivity contribution in [3.05, 3.63) is 0 Å². The zero-order chi connectivity index (χ0) is 0. The molecular formula is AsF6-6. The van der Waals surface area contributed by atoms with Gasteiger partial charge in [-0.2, -0.15) is 0 Å². The molecule has 0 N–H and O–H groups in total. The van der Waals surface area contributed by atoms with E-state index < -0.39 is 0 Å². The zero-order valence-electron chi connectivity index (χ0n) is 2.72. The molecule has 53 valence electrons. The molecule has 0 aromatic rings. The normalized spacial score (nSPS) is 0. The quantitative estimate of drug-likeness (QED) is 0.262. The first kappa shape index (κ1) is 14000. The Balaban J connectivity index is 0. The van der Waals surface area contributed by atoms with Crippen molar-refractivity contribution in [2.75, 3.05) is 0 Å². The van der Waals surface area contributed by atoms with E-state index >= 15 is 0 Å². The van der Waals surface area contributed by atoms with Crippen LogP contribution in [0.1, 0.15) is 0 Å². The van der Waals surface area contributed by atoms with E-state index in [1.54, 1.807) is 0 Å². The van der Waals surface area contributed by atoms with E-state index in [9.17, 15) is 0 Å². The SMILES string of the molecule is [As].[F-].[F-].[F-].[F-].[F-].[F-]. The van der Waals surface area contributed by atoms with Gasteiger partial charge in [-0.25, -0.2) is 0 Å². The number of hydrogen-bond donors (Lipinski definition) is 0. The Labute approximate surface area is 47.2 Å². The van der Waals surface area contributed by atoms with Crippen LogP contribution < -0.4 is 28.2 Å². The summed E-state index contributed by atoms with van der Waals surface area (Å²) in [5, 5.41) is 0. The average Bonchev–Trinajstić information content (AvgIpc) is 0. The number of halogens is 6. The topological polar surface area (TPSA) is 0 Å². The van der Waals surface area contributed by atoms with Gasteiger partial charge in [0.05, 0.1) is 0 Å². The van der Waals surface area contributed by atoms with Crippen molar-refractivity contribution in [3.8, 4) is 0 Å². The Morgan fingerprint density at radius 3 is 0.286 bits per heavy atom. The Kier molecular flexibility index (Phi) is 17000000. The third-order valence-corrected chi connectivity index (χ3v) is 0. The van der Waals surface area contributed by atoms with Gasteiger partial charge in [-0.05, 0) is 0 Å². The van der Waals surface area contributed by atoms with Crippen LogP contribution in [0.4, 0.5) is 0 Å². The maximum absolute atomic E-state index is 0. The fourth-order valence-electron chi connectivity index (χ4n) is 0. The van der Waals surface area contributed by atoms with Gasteiger partial charge in [0, 0.05) is 18.0 Å². The second-order valence-corrected chi connectivity index (χ2v) is 0. The van der Waals surface area contributed by atoms with E-state index in [0.717, 1.165) is 0 Å². The van der Waals surface area contributed by atoms with Gasteiger partial charge in [-0.1, -0.05) is 0 Å². The predicted molar refractivity (Wildman–Crippen MR) is 5.75 cm³/mol. The zero-order valence-corrected chi connectivity index (χ0v) is 4.59. The largest absolute Gasteiger partial charge is 1.00 e. The van der Waals surface area contributed by atoms with E-state index in [4.69, 9.17) is 0 Å². The van der Waals surface area contributed by atoms with E-state index in [1.807, 2.05) is 0 Å². The van der Waals surface area contributed by atoms with Crippen molar-refractivity contribution < 1.29 is 28.2 Å². The maximum Gasteiger partial charge on any atom is 0 e. The molecule has 0 unspecified atom stereocenters. The monoisotopic (exact) mass is 189 g/mol. The molecule has 0 fully saturated rings. The van der Waals surface area contributed by atoms with Crippen LogP contribution in [0, 0.1) is 0 Å². The third kappa shape index (κ3) is 5490. The summed E-state index contributed by atoms with van der Waals surface area (Å²) < 4.78 is 0. The van der Waals surface area contributed by atoms with Crippen LogP contribution in [0.25, 0.3) is 0 Å². The summed E-state index contributed by atoms with van der Waals surface area (Å²) in [5.41, 5.74) is 0. The minimum atomic E-state index is 0. The molecule has 0 heterocycles. The molecule has 0 aliphatic heterocycles. The van der Waals surface area contributed by atoms with Gasteiger partial charge < -0.3 is 28.2 Å². The Morgan fingerprint density at radius 1 is 0.286 bits per heavy atom. The molecule has 3 radical (unpaired) electrons. The molecule has 0 rings (SSSR count). The van der Waals surface area contributed by atoms with Crippen molar-refractivity contribution >= 4 is 18.0 Å². The van der Waals surface area contributed by atoms with Crippen LogP contribution in [-0.4, -0.2) is 18.0 Å². The molecule has 0 spiro atoms. The summed E-state index contributed by atoms with van der Waals surface area (Å²) in [6.45, 7) is 0. The predicted octanol–water partition coefficient (Wildman–Crippen LogP) is -18.4. The summed E-state index contributed by atoms with van der Waals surface area (Å²) in [7, 11) is 0. The van der Waals surface area contributed by atoms with Gasteiger partial charge in [-0.15, -0.1) is 0 Å². The smallest absolute Gasteiger partial charge is 0 e.